The molecule has 11 heteroatoms. The predicted octanol–water partition coefficient (Wildman–Crippen LogP) is 5.63. The van der Waals surface area contributed by atoms with E-state index < -0.39 is 42.6 Å². The second-order valence-electron chi connectivity index (χ2n) is 9.76. The Kier molecular flexibility index (Phi) is 15.7. The summed E-state index contributed by atoms with van der Waals surface area (Å²) in [6, 6.07) is 3.31. The maximum absolute atomic E-state index is 12.6. The van der Waals surface area contributed by atoms with Crippen LogP contribution in [0.4, 0.5) is 9.59 Å². The minimum atomic E-state index is -1.07. The van der Waals surface area contributed by atoms with Gasteiger partial charge in [-0.05, 0) is 71.1 Å². The van der Waals surface area contributed by atoms with Gasteiger partial charge in [-0.1, -0.05) is 39.7 Å². The molecule has 1 aromatic rings. The number of hydrogen-bond acceptors (Lipinski definition) is 11. The summed E-state index contributed by atoms with van der Waals surface area (Å²) in [6.07, 6.45) is 0.0944. The summed E-state index contributed by atoms with van der Waals surface area (Å²) in [5.74, 6) is -1.22. The molecule has 0 amide bonds. The zero-order chi connectivity index (χ0) is 30.2. The zero-order valence-corrected chi connectivity index (χ0v) is 24.7. The zero-order valence-electron chi connectivity index (χ0n) is 24.7. The van der Waals surface area contributed by atoms with E-state index in [2.05, 4.69) is 0 Å². The number of ether oxygens (including phenoxy) is 6. The van der Waals surface area contributed by atoms with Crippen LogP contribution < -0.4 is 15.2 Å². The minimum Gasteiger partial charge on any atom is -0.459 e. The van der Waals surface area contributed by atoms with E-state index in [-0.39, 0.29) is 30.0 Å². The molecule has 0 aromatic heterocycles. The summed E-state index contributed by atoms with van der Waals surface area (Å²) in [6.45, 7) is 12.4. The van der Waals surface area contributed by atoms with E-state index in [0.717, 1.165) is 19.3 Å². The second-order valence-corrected chi connectivity index (χ2v) is 9.76. The Balaban J connectivity index is 2.90. The van der Waals surface area contributed by atoms with E-state index in [1.54, 1.807) is 33.8 Å². The van der Waals surface area contributed by atoms with Crippen LogP contribution in [-0.4, -0.2) is 54.7 Å². The van der Waals surface area contributed by atoms with Gasteiger partial charge in [-0.3, -0.25) is 9.59 Å². The topological polar surface area (TPSA) is 150 Å². The summed E-state index contributed by atoms with van der Waals surface area (Å²) < 4.78 is 31.6. The maximum atomic E-state index is 12.6. The molecule has 5 atom stereocenters. The van der Waals surface area contributed by atoms with Crippen LogP contribution in [0.5, 0.6) is 11.5 Å². The van der Waals surface area contributed by atoms with E-state index in [0.29, 0.717) is 24.8 Å². The molecule has 2 N–H and O–H groups in total. The molecule has 0 fully saturated rings. The molecule has 0 bridgehead atoms. The summed E-state index contributed by atoms with van der Waals surface area (Å²) in [5, 5.41) is 0. The van der Waals surface area contributed by atoms with Gasteiger partial charge in [0.05, 0.1) is 0 Å². The van der Waals surface area contributed by atoms with E-state index in [1.165, 1.54) is 12.1 Å². The Morgan fingerprint density at radius 1 is 0.750 bits per heavy atom. The molecule has 0 aliphatic rings. The van der Waals surface area contributed by atoms with Crippen LogP contribution in [0, 0.1) is 0 Å². The highest BCUT2D eigenvalue weighted by Gasteiger charge is 2.25. The van der Waals surface area contributed by atoms with Crippen molar-refractivity contribution < 1.29 is 47.6 Å². The average molecular weight is 568 g/mol. The third-order valence-corrected chi connectivity index (χ3v) is 6.16. The lowest BCUT2D eigenvalue weighted by atomic mass is 10.1. The summed E-state index contributed by atoms with van der Waals surface area (Å²) in [4.78, 5) is 49.0. The highest BCUT2D eigenvalue weighted by atomic mass is 16.7. The standard InChI is InChI=1S/C29H45NO10/c1-8-11-12-13-26(31)37-20(6)21(7)38-27(32)23(30)16-22-14-15-24(39-28(33)35-18(4)9-2)25(17-22)40-29(34)36-19(5)10-3/h14-15,17-21,23H,8-13,16,30H2,1-7H3/t18-,19?,20?,21?,23-/m0/s1. The van der Waals surface area contributed by atoms with E-state index >= 15 is 0 Å². The Hall–Kier alpha value is -3.34. The molecule has 40 heavy (non-hydrogen) atoms. The van der Waals surface area contributed by atoms with Gasteiger partial charge in [0.15, 0.2) is 11.5 Å². The maximum Gasteiger partial charge on any atom is 0.514 e. The lowest BCUT2D eigenvalue weighted by Gasteiger charge is -2.22. The molecule has 0 spiro atoms. The third kappa shape index (κ3) is 13.1. The largest absolute Gasteiger partial charge is 0.514 e. The number of carbonyl (C=O) groups excluding carboxylic acids is 4. The number of carbonyl (C=O) groups is 4. The normalized spacial score (nSPS) is 14.6. The van der Waals surface area contributed by atoms with Gasteiger partial charge in [-0.2, -0.15) is 0 Å². The number of benzene rings is 1. The van der Waals surface area contributed by atoms with Crippen LogP contribution in [0.2, 0.25) is 0 Å². The number of esters is 2. The first-order valence-electron chi connectivity index (χ1n) is 13.9. The first-order valence-corrected chi connectivity index (χ1v) is 13.9. The van der Waals surface area contributed by atoms with E-state index in [4.69, 9.17) is 34.2 Å². The molecule has 0 saturated heterocycles. The highest BCUT2D eigenvalue weighted by Crippen LogP contribution is 2.30. The van der Waals surface area contributed by atoms with E-state index in [1.807, 2.05) is 20.8 Å². The van der Waals surface area contributed by atoms with Crippen LogP contribution in [0.25, 0.3) is 0 Å². The van der Waals surface area contributed by atoms with E-state index in [9.17, 15) is 19.2 Å². The van der Waals surface area contributed by atoms with Crippen molar-refractivity contribution in [1.82, 2.24) is 0 Å². The van der Waals surface area contributed by atoms with Crippen LogP contribution in [0.1, 0.15) is 92.6 Å². The summed E-state index contributed by atoms with van der Waals surface area (Å²) in [5.41, 5.74) is 6.59. The molecular formula is C29H45NO10. The summed E-state index contributed by atoms with van der Waals surface area (Å²) >= 11 is 0. The lowest BCUT2D eigenvalue weighted by Crippen LogP contribution is -2.39. The smallest absolute Gasteiger partial charge is 0.459 e. The Labute approximate surface area is 236 Å². The lowest BCUT2D eigenvalue weighted by molar-refractivity contribution is -0.166. The SMILES string of the molecule is CCCCCC(=O)OC(C)C(C)OC(=O)[C@@H](N)Cc1ccc(OC(=O)O[C@@H](C)CC)c(OC(=O)OC(C)CC)c1. The number of hydrogen-bond donors (Lipinski definition) is 1. The molecule has 226 valence electrons. The van der Waals surface area contributed by atoms with Crippen molar-refractivity contribution >= 4 is 24.2 Å². The molecule has 0 radical (unpaired) electrons. The first kappa shape index (κ1) is 34.7. The van der Waals surface area contributed by atoms with Crippen LogP contribution >= 0.6 is 0 Å². The number of nitrogens with two attached hydrogens (primary N) is 1. The van der Waals surface area contributed by atoms with Crippen LogP contribution in [0.15, 0.2) is 18.2 Å². The number of unbranched alkanes of at least 4 members (excludes halogenated alkanes) is 2. The van der Waals surface area contributed by atoms with Crippen molar-refractivity contribution in [3.63, 3.8) is 0 Å². The van der Waals surface area contributed by atoms with Gasteiger partial charge in [0.25, 0.3) is 0 Å². The Morgan fingerprint density at radius 2 is 1.30 bits per heavy atom. The van der Waals surface area contributed by atoms with Gasteiger partial charge in [-0.25, -0.2) is 9.59 Å². The van der Waals surface area contributed by atoms with Gasteiger partial charge in [0.1, 0.15) is 30.5 Å². The van der Waals surface area contributed by atoms with Crippen molar-refractivity contribution in [1.29, 1.82) is 0 Å². The Bertz CT molecular complexity index is 966. The molecule has 0 saturated carbocycles. The van der Waals surface area contributed by atoms with Gasteiger partial charge in [0.2, 0.25) is 0 Å². The molecule has 1 aromatic carbocycles. The first-order chi connectivity index (χ1) is 18.9. The van der Waals surface area contributed by atoms with Gasteiger partial charge in [0, 0.05) is 6.42 Å². The predicted molar refractivity (Wildman–Crippen MR) is 147 cm³/mol. The average Bonchev–Trinajstić information content (AvgIpc) is 2.89. The molecule has 0 heterocycles. The van der Waals surface area contributed by atoms with Crippen molar-refractivity contribution in [2.75, 3.05) is 0 Å². The fourth-order valence-electron chi connectivity index (χ4n) is 3.15. The molecule has 1 rings (SSSR count). The third-order valence-electron chi connectivity index (χ3n) is 6.16. The minimum absolute atomic E-state index is 0.0190. The molecule has 0 aliphatic heterocycles. The van der Waals surface area contributed by atoms with Crippen molar-refractivity contribution in [3.8, 4) is 11.5 Å². The molecule has 11 nitrogen and oxygen atoms in total. The van der Waals surface area contributed by atoms with Crippen molar-refractivity contribution in [2.45, 2.75) is 124 Å². The van der Waals surface area contributed by atoms with Gasteiger partial charge in [-0.15, -0.1) is 0 Å². The van der Waals surface area contributed by atoms with Crippen LogP contribution in [0.3, 0.4) is 0 Å². The fraction of sp³-hybridized carbons (Fsp3) is 0.655. The second kappa shape index (κ2) is 18.1. The van der Waals surface area contributed by atoms with Gasteiger partial charge < -0.3 is 34.2 Å². The monoisotopic (exact) mass is 567 g/mol. The fourth-order valence-corrected chi connectivity index (χ4v) is 3.15. The van der Waals surface area contributed by atoms with Crippen molar-refractivity contribution in [2.24, 2.45) is 5.73 Å². The molecular weight excluding hydrogens is 522 g/mol. The summed E-state index contributed by atoms with van der Waals surface area (Å²) in [7, 11) is 0. The highest BCUT2D eigenvalue weighted by molar-refractivity contribution is 5.76. The molecule has 3 unspecified atom stereocenters. The van der Waals surface area contributed by atoms with Crippen molar-refractivity contribution in [3.05, 3.63) is 23.8 Å². The quantitative estimate of drug-likeness (QED) is 0.115. The van der Waals surface area contributed by atoms with Crippen LogP contribution in [-0.2, 0) is 35.0 Å². The van der Waals surface area contributed by atoms with Gasteiger partial charge >= 0.3 is 24.2 Å². The number of rotatable bonds is 16. The Morgan fingerprint density at radius 3 is 1.85 bits per heavy atom. The molecule has 0 aliphatic carbocycles.